The van der Waals surface area contributed by atoms with Gasteiger partial charge in [0, 0.05) is 18.9 Å². The van der Waals surface area contributed by atoms with E-state index in [4.69, 9.17) is 4.74 Å². The molecule has 7 heteroatoms. The zero-order valence-corrected chi connectivity index (χ0v) is 13.4. The van der Waals surface area contributed by atoms with Crippen molar-refractivity contribution in [3.05, 3.63) is 5.82 Å². The Labute approximate surface area is 125 Å². The van der Waals surface area contributed by atoms with Crippen molar-refractivity contribution in [3.63, 3.8) is 0 Å². The summed E-state index contributed by atoms with van der Waals surface area (Å²) in [6.07, 6.45) is 7.07. The number of tetrazole rings is 1. The molecule has 1 fully saturated rings. The van der Waals surface area contributed by atoms with Crippen molar-refractivity contribution in [1.82, 2.24) is 25.5 Å². The van der Waals surface area contributed by atoms with Gasteiger partial charge in [-0.1, -0.05) is 0 Å². The van der Waals surface area contributed by atoms with Gasteiger partial charge in [-0.25, -0.2) is 4.68 Å². The molecule has 1 unspecified atom stereocenters. The smallest absolute Gasteiger partial charge is 0.168 e. The van der Waals surface area contributed by atoms with Crippen LogP contribution >= 0.6 is 11.8 Å². The molecular weight excluding hydrogens is 274 g/mol. The minimum Gasteiger partial charge on any atom is -0.383 e. The Bertz CT molecular complexity index is 392. The predicted molar refractivity (Wildman–Crippen MR) is 80.9 cm³/mol. The molecule has 1 N–H and O–H groups in total. The Morgan fingerprint density at radius 1 is 1.40 bits per heavy atom. The zero-order chi connectivity index (χ0) is 14.4. The number of hydrogen-bond acceptors (Lipinski definition) is 6. The highest BCUT2D eigenvalue weighted by atomic mass is 32.2. The Morgan fingerprint density at radius 3 is 2.80 bits per heavy atom. The summed E-state index contributed by atoms with van der Waals surface area (Å²) in [6.45, 7) is 3.61. The molecule has 1 aromatic rings. The third-order valence-corrected chi connectivity index (χ3v) is 5.12. The van der Waals surface area contributed by atoms with E-state index in [1.54, 1.807) is 7.11 Å². The molecule has 2 rings (SSSR count). The highest BCUT2D eigenvalue weighted by molar-refractivity contribution is 7.99. The van der Waals surface area contributed by atoms with Gasteiger partial charge in [-0.05, 0) is 49.3 Å². The quantitative estimate of drug-likeness (QED) is 0.775. The van der Waals surface area contributed by atoms with Gasteiger partial charge in [-0.2, -0.15) is 11.8 Å². The highest BCUT2D eigenvalue weighted by Crippen LogP contribution is 2.34. The van der Waals surface area contributed by atoms with Crippen LogP contribution in [0.3, 0.4) is 0 Å². The number of methoxy groups -OCH3 is 1. The van der Waals surface area contributed by atoms with E-state index >= 15 is 0 Å². The second-order valence-electron chi connectivity index (χ2n) is 5.32. The second kappa shape index (κ2) is 7.95. The molecule has 0 spiro atoms. The van der Waals surface area contributed by atoms with E-state index in [0.717, 1.165) is 17.6 Å². The predicted octanol–water partition coefficient (Wildman–Crippen LogP) is 1.82. The lowest BCUT2D eigenvalue weighted by molar-refractivity contribution is 0.195. The lowest BCUT2D eigenvalue weighted by Crippen LogP contribution is -2.28. The van der Waals surface area contributed by atoms with Gasteiger partial charge in [-0.3, -0.25) is 0 Å². The van der Waals surface area contributed by atoms with Crippen LogP contribution in [-0.4, -0.2) is 52.0 Å². The Morgan fingerprint density at radius 2 is 2.15 bits per heavy atom. The van der Waals surface area contributed by atoms with Crippen LogP contribution in [-0.2, 0) is 4.74 Å². The van der Waals surface area contributed by atoms with Gasteiger partial charge in [0.25, 0.3) is 0 Å². The lowest BCUT2D eigenvalue weighted by atomic mass is 9.95. The molecular formula is C13H25N5OS. The van der Waals surface area contributed by atoms with E-state index in [1.807, 2.05) is 16.4 Å². The van der Waals surface area contributed by atoms with Crippen molar-refractivity contribution in [3.8, 4) is 0 Å². The Balaban J connectivity index is 1.94. The second-order valence-corrected chi connectivity index (χ2v) is 6.45. The van der Waals surface area contributed by atoms with E-state index in [-0.39, 0.29) is 6.04 Å². The Hall–Kier alpha value is -0.660. The van der Waals surface area contributed by atoms with E-state index in [2.05, 4.69) is 34.0 Å². The number of hydrogen-bond donors (Lipinski definition) is 1. The molecule has 0 radical (unpaired) electrons. The van der Waals surface area contributed by atoms with Crippen LogP contribution in [0.25, 0.3) is 0 Å². The van der Waals surface area contributed by atoms with E-state index in [1.165, 1.54) is 25.7 Å². The van der Waals surface area contributed by atoms with Crippen molar-refractivity contribution >= 4 is 11.8 Å². The van der Waals surface area contributed by atoms with E-state index in [9.17, 15) is 0 Å². The summed E-state index contributed by atoms with van der Waals surface area (Å²) in [7, 11) is 1.71. The van der Waals surface area contributed by atoms with Crippen LogP contribution in [0.4, 0.5) is 0 Å². The van der Waals surface area contributed by atoms with Crippen LogP contribution in [0.2, 0.25) is 0 Å². The normalized spacial score (nSPS) is 24.8. The molecule has 0 saturated heterocycles. The summed E-state index contributed by atoms with van der Waals surface area (Å²) >= 11 is 1.98. The summed E-state index contributed by atoms with van der Waals surface area (Å²) in [5, 5.41) is 16.5. The average Bonchev–Trinajstić information content (AvgIpc) is 2.97. The molecule has 1 aliphatic carbocycles. The summed E-state index contributed by atoms with van der Waals surface area (Å²) in [4.78, 5) is 0. The van der Waals surface area contributed by atoms with Crippen LogP contribution in [0.1, 0.15) is 50.5 Å². The number of ether oxygens (including phenoxy) is 1. The minimum atomic E-state index is 0.151. The van der Waals surface area contributed by atoms with Crippen molar-refractivity contribution in [1.29, 1.82) is 0 Å². The van der Waals surface area contributed by atoms with Crippen molar-refractivity contribution in [2.75, 3.05) is 26.5 Å². The molecule has 0 aromatic carbocycles. The summed E-state index contributed by atoms with van der Waals surface area (Å²) in [6, 6.07) is 0.605. The summed E-state index contributed by atoms with van der Waals surface area (Å²) < 4.78 is 7.09. The first-order valence-corrected chi connectivity index (χ1v) is 8.58. The molecule has 1 atom stereocenters. The number of rotatable bonds is 7. The van der Waals surface area contributed by atoms with Crippen LogP contribution < -0.4 is 5.32 Å². The molecule has 0 amide bonds. The first kappa shape index (κ1) is 15.7. The Kier molecular flexibility index (Phi) is 6.25. The molecule has 0 aliphatic heterocycles. The number of aromatic nitrogens is 4. The maximum atomic E-state index is 5.06. The van der Waals surface area contributed by atoms with Gasteiger partial charge < -0.3 is 10.1 Å². The molecule has 1 saturated carbocycles. The number of nitrogens with zero attached hydrogens (tertiary/aromatic N) is 4. The van der Waals surface area contributed by atoms with Gasteiger partial charge in [0.15, 0.2) is 5.82 Å². The summed E-state index contributed by atoms with van der Waals surface area (Å²) in [5.41, 5.74) is 0. The van der Waals surface area contributed by atoms with Gasteiger partial charge in [0.05, 0.1) is 18.7 Å². The lowest BCUT2D eigenvalue weighted by Gasteiger charge is -2.28. The van der Waals surface area contributed by atoms with Gasteiger partial charge in [0.2, 0.25) is 0 Å². The number of thioether (sulfide) groups is 1. The van der Waals surface area contributed by atoms with Crippen molar-refractivity contribution < 1.29 is 4.74 Å². The number of nitrogens with one attached hydrogen (secondary N) is 1. The molecule has 0 bridgehead atoms. The van der Waals surface area contributed by atoms with E-state index < -0.39 is 0 Å². The molecule has 6 nitrogen and oxygen atoms in total. The highest BCUT2D eigenvalue weighted by Gasteiger charge is 2.26. The topological polar surface area (TPSA) is 64.9 Å². The molecule has 1 heterocycles. The first-order valence-electron chi connectivity index (χ1n) is 7.29. The van der Waals surface area contributed by atoms with Crippen LogP contribution in [0.15, 0.2) is 0 Å². The fourth-order valence-electron chi connectivity index (χ4n) is 2.74. The third-order valence-electron chi connectivity index (χ3n) is 3.99. The SMILES string of the molecule is COCCNC(C)c1nnnn1C1CCC(SC)CC1. The van der Waals surface area contributed by atoms with Crippen molar-refractivity contribution in [2.45, 2.75) is 49.9 Å². The van der Waals surface area contributed by atoms with Crippen molar-refractivity contribution in [2.24, 2.45) is 0 Å². The first-order chi connectivity index (χ1) is 9.76. The largest absolute Gasteiger partial charge is 0.383 e. The van der Waals surface area contributed by atoms with Crippen LogP contribution in [0, 0.1) is 0 Å². The summed E-state index contributed by atoms with van der Waals surface area (Å²) in [5.74, 6) is 0.939. The van der Waals surface area contributed by atoms with Crippen LogP contribution in [0.5, 0.6) is 0 Å². The zero-order valence-electron chi connectivity index (χ0n) is 12.6. The fourth-order valence-corrected chi connectivity index (χ4v) is 3.48. The van der Waals surface area contributed by atoms with Gasteiger partial charge >= 0.3 is 0 Å². The average molecular weight is 299 g/mol. The van der Waals surface area contributed by atoms with Gasteiger partial charge in [-0.15, -0.1) is 5.10 Å². The monoisotopic (exact) mass is 299 g/mol. The minimum absolute atomic E-state index is 0.151. The van der Waals surface area contributed by atoms with E-state index in [0.29, 0.717) is 12.6 Å². The van der Waals surface area contributed by atoms with Gasteiger partial charge in [0.1, 0.15) is 0 Å². The molecule has 20 heavy (non-hydrogen) atoms. The molecule has 1 aliphatic rings. The standard InChI is InChI=1S/C13H25N5OS/c1-10(14-8-9-19-2)13-15-16-17-18(13)11-4-6-12(20-3)7-5-11/h10-12,14H,4-9H2,1-3H3. The molecule has 114 valence electrons. The maximum absolute atomic E-state index is 5.06. The third kappa shape index (κ3) is 3.93. The fraction of sp³-hybridized carbons (Fsp3) is 0.923. The molecule has 1 aromatic heterocycles. The maximum Gasteiger partial charge on any atom is 0.168 e.